The van der Waals surface area contributed by atoms with Crippen LogP contribution in [0.25, 0.3) is 27.8 Å². The molecule has 170 valence electrons. The molecule has 0 aliphatic heterocycles. The number of benzene rings is 3. The zero-order valence-corrected chi connectivity index (χ0v) is 18.0. The van der Waals surface area contributed by atoms with Crippen LogP contribution in [0, 0.1) is 5.82 Å². The van der Waals surface area contributed by atoms with Gasteiger partial charge in [0, 0.05) is 17.0 Å². The van der Waals surface area contributed by atoms with Gasteiger partial charge >= 0.3 is 0 Å². The zero-order valence-electron chi connectivity index (χ0n) is 18.0. The minimum absolute atomic E-state index is 0.101. The highest BCUT2D eigenvalue weighted by atomic mass is 19.1. The molecule has 0 radical (unpaired) electrons. The standard InChI is InChI=1S/C25H20FN5O3/c26-19-8-3-7-18(15-19)25-29-28-22-11-12-24(30-31(22)25)33-14-13-27-23(32)16-34-21-10-4-6-17-5-1-2-9-20(17)21/h1-12,15H,13-14,16H2,(H,27,32). The van der Waals surface area contributed by atoms with Crippen molar-refractivity contribution >= 4 is 22.3 Å². The Morgan fingerprint density at radius 3 is 2.71 bits per heavy atom. The van der Waals surface area contributed by atoms with Gasteiger partial charge in [0.2, 0.25) is 5.88 Å². The molecule has 0 fully saturated rings. The average molecular weight is 457 g/mol. The number of nitrogens with one attached hydrogen (secondary N) is 1. The fraction of sp³-hybridized carbons (Fsp3) is 0.120. The second-order valence-electron chi connectivity index (χ2n) is 7.44. The molecule has 0 saturated carbocycles. The lowest BCUT2D eigenvalue weighted by atomic mass is 10.1. The number of hydrogen-bond donors (Lipinski definition) is 1. The van der Waals surface area contributed by atoms with E-state index < -0.39 is 0 Å². The van der Waals surface area contributed by atoms with Crippen LogP contribution in [-0.4, -0.2) is 45.5 Å². The first kappa shape index (κ1) is 21.3. The first-order valence-electron chi connectivity index (χ1n) is 10.7. The van der Waals surface area contributed by atoms with Crippen molar-refractivity contribution in [2.24, 2.45) is 0 Å². The van der Waals surface area contributed by atoms with Gasteiger partial charge in [-0.25, -0.2) is 4.39 Å². The molecule has 8 nitrogen and oxygen atoms in total. The van der Waals surface area contributed by atoms with Gasteiger partial charge in [-0.3, -0.25) is 4.79 Å². The maximum Gasteiger partial charge on any atom is 0.258 e. The minimum Gasteiger partial charge on any atom is -0.483 e. The zero-order chi connectivity index (χ0) is 23.3. The highest BCUT2D eigenvalue weighted by Crippen LogP contribution is 2.25. The smallest absolute Gasteiger partial charge is 0.258 e. The lowest BCUT2D eigenvalue weighted by molar-refractivity contribution is -0.123. The molecular weight excluding hydrogens is 437 g/mol. The Bertz CT molecular complexity index is 1460. The summed E-state index contributed by atoms with van der Waals surface area (Å²) < 4.78 is 26.4. The maximum atomic E-state index is 13.6. The highest BCUT2D eigenvalue weighted by molar-refractivity contribution is 5.88. The van der Waals surface area contributed by atoms with Gasteiger partial charge in [0.05, 0.1) is 6.54 Å². The third kappa shape index (κ3) is 4.63. The van der Waals surface area contributed by atoms with E-state index in [1.807, 2.05) is 42.5 Å². The van der Waals surface area contributed by atoms with Crippen LogP contribution >= 0.6 is 0 Å². The Morgan fingerprint density at radius 2 is 1.79 bits per heavy atom. The van der Waals surface area contributed by atoms with Crippen molar-refractivity contribution < 1.29 is 18.7 Å². The molecule has 1 amide bonds. The molecule has 3 aromatic carbocycles. The van der Waals surface area contributed by atoms with Crippen LogP contribution in [0.5, 0.6) is 11.6 Å². The van der Waals surface area contributed by atoms with Gasteiger partial charge in [-0.15, -0.1) is 15.3 Å². The van der Waals surface area contributed by atoms with E-state index in [9.17, 15) is 9.18 Å². The van der Waals surface area contributed by atoms with Crippen molar-refractivity contribution in [1.29, 1.82) is 0 Å². The molecule has 0 unspecified atom stereocenters. The van der Waals surface area contributed by atoms with Crippen molar-refractivity contribution in [2.45, 2.75) is 0 Å². The van der Waals surface area contributed by atoms with Crippen molar-refractivity contribution in [3.63, 3.8) is 0 Å². The van der Waals surface area contributed by atoms with Crippen LogP contribution in [0.15, 0.2) is 78.9 Å². The molecule has 34 heavy (non-hydrogen) atoms. The Hall–Kier alpha value is -4.53. The average Bonchev–Trinajstić information content (AvgIpc) is 3.29. The summed E-state index contributed by atoms with van der Waals surface area (Å²) in [6, 6.07) is 23.0. The van der Waals surface area contributed by atoms with Crippen molar-refractivity contribution in [2.75, 3.05) is 19.8 Å². The Morgan fingerprint density at radius 1 is 0.941 bits per heavy atom. The summed E-state index contributed by atoms with van der Waals surface area (Å²) in [5.74, 6) is 0.754. The summed E-state index contributed by atoms with van der Waals surface area (Å²) in [6.07, 6.45) is 0. The second kappa shape index (κ2) is 9.53. The highest BCUT2D eigenvalue weighted by Gasteiger charge is 2.11. The number of rotatable bonds is 8. The number of halogens is 1. The predicted molar refractivity (Wildman–Crippen MR) is 124 cm³/mol. The molecule has 0 bridgehead atoms. The first-order chi connectivity index (χ1) is 16.7. The number of hydrogen-bond acceptors (Lipinski definition) is 6. The van der Waals surface area contributed by atoms with Gasteiger partial charge in [-0.2, -0.15) is 4.52 Å². The summed E-state index contributed by atoms with van der Waals surface area (Å²) in [5.41, 5.74) is 1.06. The third-order valence-corrected chi connectivity index (χ3v) is 5.10. The van der Waals surface area contributed by atoms with Crippen LogP contribution in [0.1, 0.15) is 0 Å². The summed E-state index contributed by atoms with van der Waals surface area (Å²) >= 11 is 0. The molecule has 0 atom stereocenters. The van der Waals surface area contributed by atoms with E-state index >= 15 is 0 Å². The lowest BCUT2D eigenvalue weighted by Crippen LogP contribution is -2.32. The summed E-state index contributed by atoms with van der Waals surface area (Å²) in [4.78, 5) is 12.2. The molecule has 5 rings (SSSR count). The number of fused-ring (bicyclic) bond motifs is 2. The van der Waals surface area contributed by atoms with Gasteiger partial charge in [0.15, 0.2) is 18.1 Å². The number of carbonyl (C=O) groups is 1. The topological polar surface area (TPSA) is 90.6 Å². The fourth-order valence-electron chi connectivity index (χ4n) is 3.52. The van der Waals surface area contributed by atoms with Crippen molar-refractivity contribution in [3.8, 4) is 23.0 Å². The normalized spacial score (nSPS) is 11.0. The SMILES string of the molecule is O=C(COc1cccc2ccccc12)NCCOc1ccc2nnc(-c3cccc(F)c3)n2n1. The van der Waals surface area contributed by atoms with Crippen LogP contribution in [0.4, 0.5) is 4.39 Å². The Labute approximate surface area is 194 Å². The van der Waals surface area contributed by atoms with Gasteiger partial charge in [-0.05, 0) is 29.7 Å². The number of ether oxygens (including phenoxy) is 2. The van der Waals surface area contributed by atoms with Gasteiger partial charge in [-0.1, -0.05) is 48.5 Å². The van der Waals surface area contributed by atoms with E-state index in [1.165, 1.54) is 16.6 Å². The Kier molecular flexibility index (Phi) is 5.98. The number of nitrogens with zero attached hydrogens (tertiary/aromatic N) is 4. The number of carbonyl (C=O) groups excluding carboxylic acids is 1. The molecule has 0 spiro atoms. The molecule has 2 heterocycles. The monoisotopic (exact) mass is 457 g/mol. The molecule has 5 aromatic rings. The van der Waals surface area contributed by atoms with Gasteiger partial charge in [0.25, 0.3) is 5.91 Å². The molecule has 0 saturated heterocycles. The largest absolute Gasteiger partial charge is 0.483 e. The minimum atomic E-state index is -0.373. The lowest BCUT2D eigenvalue weighted by Gasteiger charge is -2.10. The quantitative estimate of drug-likeness (QED) is 0.358. The molecule has 9 heteroatoms. The van der Waals surface area contributed by atoms with Gasteiger partial charge < -0.3 is 14.8 Å². The molecule has 1 N–H and O–H groups in total. The summed E-state index contributed by atoms with van der Waals surface area (Å²) in [6.45, 7) is 0.377. The third-order valence-electron chi connectivity index (χ3n) is 5.10. The van der Waals surface area contributed by atoms with Crippen LogP contribution < -0.4 is 14.8 Å². The van der Waals surface area contributed by atoms with Crippen LogP contribution in [-0.2, 0) is 4.79 Å². The van der Waals surface area contributed by atoms with Crippen molar-refractivity contribution in [1.82, 2.24) is 25.1 Å². The van der Waals surface area contributed by atoms with E-state index in [1.54, 1.807) is 24.3 Å². The van der Waals surface area contributed by atoms with E-state index in [0.717, 1.165) is 10.8 Å². The molecular formula is C25H20FN5O3. The second-order valence-corrected chi connectivity index (χ2v) is 7.44. The van der Waals surface area contributed by atoms with E-state index in [4.69, 9.17) is 9.47 Å². The summed E-state index contributed by atoms with van der Waals surface area (Å²) in [7, 11) is 0. The van der Waals surface area contributed by atoms with E-state index in [0.29, 0.717) is 28.7 Å². The molecule has 2 aromatic heterocycles. The maximum absolute atomic E-state index is 13.6. The molecule has 0 aliphatic carbocycles. The van der Waals surface area contributed by atoms with Gasteiger partial charge in [0.1, 0.15) is 18.2 Å². The van der Waals surface area contributed by atoms with E-state index in [2.05, 4.69) is 20.6 Å². The fourth-order valence-corrected chi connectivity index (χ4v) is 3.52. The molecule has 0 aliphatic rings. The Balaban J connectivity index is 1.15. The predicted octanol–water partition coefficient (Wildman–Crippen LogP) is 3.66. The van der Waals surface area contributed by atoms with Crippen LogP contribution in [0.3, 0.4) is 0 Å². The number of aromatic nitrogens is 4. The van der Waals surface area contributed by atoms with Crippen molar-refractivity contribution in [3.05, 3.63) is 84.7 Å². The first-order valence-corrected chi connectivity index (χ1v) is 10.7. The van der Waals surface area contributed by atoms with Crippen LogP contribution in [0.2, 0.25) is 0 Å². The van der Waals surface area contributed by atoms with E-state index in [-0.39, 0.29) is 31.5 Å². The number of amides is 1. The summed E-state index contributed by atoms with van der Waals surface area (Å²) in [5, 5.41) is 17.3.